The summed E-state index contributed by atoms with van der Waals surface area (Å²) in [6.07, 6.45) is 0.346. The van der Waals surface area contributed by atoms with E-state index in [1.165, 1.54) is 0 Å². The standard InChI is InChI=1S/C13H13N3S/c14-12(8-13(15)17)16-11-7-3-5-9-4-1-2-6-10(9)11/h1-7H,8H2,(H2,14,16)(H2,15,17). The minimum Gasteiger partial charge on any atom is -0.393 e. The fourth-order valence-corrected chi connectivity index (χ4v) is 1.83. The van der Waals surface area contributed by atoms with Crippen LogP contribution in [-0.4, -0.2) is 10.8 Å². The number of thiocarbonyl (C=S) groups is 1. The number of hydrogen-bond acceptors (Lipinski definition) is 2. The molecule has 0 radical (unpaired) electrons. The van der Waals surface area contributed by atoms with Gasteiger partial charge in [0, 0.05) is 5.39 Å². The Kier molecular flexibility index (Phi) is 3.35. The van der Waals surface area contributed by atoms with Gasteiger partial charge in [-0.3, -0.25) is 0 Å². The molecule has 2 aromatic carbocycles. The fourth-order valence-electron chi connectivity index (χ4n) is 1.68. The highest BCUT2D eigenvalue weighted by Gasteiger charge is 2.00. The first-order valence-electron chi connectivity index (χ1n) is 5.26. The minimum absolute atomic E-state index is 0.346. The topological polar surface area (TPSA) is 64.4 Å². The summed E-state index contributed by atoms with van der Waals surface area (Å²) < 4.78 is 0. The third-order valence-electron chi connectivity index (χ3n) is 2.39. The van der Waals surface area contributed by atoms with Crippen molar-refractivity contribution >= 4 is 39.5 Å². The van der Waals surface area contributed by atoms with E-state index < -0.39 is 0 Å². The average molecular weight is 243 g/mol. The molecule has 2 aromatic rings. The molecule has 0 atom stereocenters. The normalized spacial score (nSPS) is 11.6. The molecule has 0 saturated carbocycles. The predicted molar refractivity (Wildman–Crippen MR) is 76.6 cm³/mol. The maximum atomic E-state index is 5.78. The van der Waals surface area contributed by atoms with Crippen LogP contribution in [0.2, 0.25) is 0 Å². The third-order valence-corrected chi connectivity index (χ3v) is 2.53. The minimum atomic E-state index is 0.346. The Morgan fingerprint density at radius 2 is 1.76 bits per heavy atom. The van der Waals surface area contributed by atoms with Crippen molar-refractivity contribution in [3.05, 3.63) is 42.5 Å². The van der Waals surface area contributed by atoms with Crippen LogP contribution in [0.4, 0.5) is 5.69 Å². The van der Waals surface area contributed by atoms with E-state index in [1.54, 1.807) is 0 Å². The van der Waals surface area contributed by atoms with E-state index in [0.717, 1.165) is 16.5 Å². The quantitative estimate of drug-likeness (QED) is 0.494. The summed E-state index contributed by atoms with van der Waals surface area (Å²) in [5.41, 5.74) is 12.1. The molecule has 17 heavy (non-hydrogen) atoms. The molecular weight excluding hydrogens is 230 g/mol. The highest BCUT2D eigenvalue weighted by Crippen LogP contribution is 2.25. The van der Waals surface area contributed by atoms with Gasteiger partial charge in [-0.1, -0.05) is 48.6 Å². The molecule has 0 unspecified atom stereocenters. The van der Waals surface area contributed by atoms with Crippen LogP contribution in [-0.2, 0) is 0 Å². The third kappa shape index (κ3) is 2.79. The van der Waals surface area contributed by atoms with Crippen LogP contribution in [0.15, 0.2) is 47.5 Å². The van der Waals surface area contributed by atoms with Crippen LogP contribution in [0.1, 0.15) is 6.42 Å². The number of rotatable bonds is 3. The van der Waals surface area contributed by atoms with Crippen molar-refractivity contribution in [1.82, 2.24) is 0 Å². The molecule has 0 bridgehead atoms. The maximum Gasteiger partial charge on any atom is 0.106 e. The van der Waals surface area contributed by atoms with E-state index in [-0.39, 0.29) is 0 Å². The first-order valence-corrected chi connectivity index (χ1v) is 5.67. The van der Waals surface area contributed by atoms with Gasteiger partial charge in [0.2, 0.25) is 0 Å². The molecule has 86 valence electrons. The number of nitrogens with two attached hydrogens (primary N) is 2. The molecule has 0 saturated heterocycles. The Bertz CT molecular complexity index is 585. The van der Waals surface area contributed by atoms with Crippen LogP contribution in [0.5, 0.6) is 0 Å². The first kappa shape index (κ1) is 11.5. The van der Waals surface area contributed by atoms with E-state index in [9.17, 15) is 0 Å². The summed E-state index contributed by atoms with van der Waals surface area (Å²) in [7, 11) is 0. The highest BCUT2D eigenvalue weighted by atomic mass is 32.1. The van der Waals surface area contributed by atoms with Crippen molar-refractivity contribution in [2.45, 2.75) is 6.42 Å². The zero-order valence-electron chi connectivity index (χ0n) is 9.26. The van der Waals surface area contributed by atoms with Gasteiger partial charge in [0.15, 0.2) is 0 Å². The second-order valence-electron chi connectivity index (χ2n) is 3.74. The highest BCUT2D eigenvalue weighted by molar-refractivity contribution is 7.80. The predicted octanol–water partition coefficient (Wildman–Crippen LogP) is 2.50. The molecule has 0 aromatic heterocycles. The van der Waals surface area contributed by atoms with Crippen molar-refractivity contribution in [3.63, 3.8) is 0 Å². The largest absolute Gasteiger partial charge is 0.393 e. The molecule has 0 aliphatic rings. The van der Waals surface area contributed by atoms with Crippen molar-refractivity contribution < 1.29 is 0 Å². The average Bonchev–Trinajstić information content (AvgIpc) is 2.28. The first-order chi connectivity index (χ1) is 8.16. The van der Waals surface area contributed by atoms with Gasteiger partial charge in [-0.25, -0.2) is 4.99 Å². The van der Waals surface area contributed by atoms with Crippen LogP contribution < -0.4 is 11.5 Å². The maximum absolute atomic E-state index is 5.78. The number of amidine groups is 1. The summed E-state index contributed by atoms with van der Waals surface area (Å²) in [6.45, 7) is 0. The second kappa shape index (κ2) is 4.93. The van der Waals surface area contributed by atoms with Crippen LogP contribution in [0.3, 0.4) is 0 Å². The van der Waals surface area contributed by atoms with Crippen molar-refractivity contribution in [2.75, 3.05) is 0 Å². The Balaban J connectivity index is 2.45. The zero-order chi connectivity index (χ0) is 12.3. The van der Waals surface area contributed by atoms with Gasteiger partial charge in [0.05, 0.1) is 17.1 Å². The number of hydrogen-bond donors (Lipinski definition) is 2. The Hall–Kier alpha value is -1.94. The van der Waals surface area contributed by atoms with Gasteiger partial charge >= 0.3 is 0 Å². The molecule has 0 spiro atoms. The van der Waals surface area contributed by atoms with E-state index in [0.29, 0.717) is 17.2 Å². The SMILES string of the molecule is NC(=S)CC(N)=Nc1cccc2ccccc12. The number of benzene rings is 2. The van der Waals surface area contributed by atoms with Crippen molar-refractivity contribution in [2.24, 2.45) is 16.5 Å². The lowest BCUT2D eigenvalue weighted by Crippen LogP contribution is -2.20. The Morgan fingerprint density at radius 3 is 2.53 bits per heavy atom. The lowest BCUT2D eigenvalue weighted by molar-refractivity contribution is 1.40. The molecule has 3 nitrogen and oxygen atoms in total. The lowest BCUT2D eigenvalue weighted by Gasteiger charge is -2.03. The van der Waals surface area contributed by atoms with Gasteiger partial charge in [0.1, 0.15) is 5.84 Å². The van der Waals surface area contributed by atoms with Gasteiger partial charge < -0.3 is 11.5 Å². The van der Waals surface area contributed by atoms with Gasteiger partial charge in [0.25, 0.3) is 0 Å². The molecule has 4 N–H and O–H groups in total. The zero-order valence-corrected chi connectivity index (χ0v) is 10.1. The Morgan fingerprint density at radius 1 is 1.06 bits per heavy atom. The molecular formula is C13H13N3S. The van der Waals surface area contributed by atoms with E-state index in [1.807, 2.05) is 42.5 Å². The van der Waals surface area contributed by atoms with Crippen LogP contribution >= 0.6 is 12.2 Å². The van der Waals surface area contributed by atoms with Crippen molar-refractivity contribution in [1.29, 1.82) is 0 Å². The molecule has 0 aliphatic carbocycles. The monoisotopic (exact) mass is 243 g/mol. The van der Waals surface area contributed by atoms with Gasteiger partial charge in [-0.05, 0) is 11.5 Å². The van der Waals surface area contributed by atoms with E-state index in [2.05, 4.69) is 4.99 Å². The second-order valence-corrected chi connectivity index (χ2v) is 4.27. The number of fused-ring (bicyclic) bond motifs is 1. The molecule has 2 rings (SSSR count). The van der Waals surface area contributed by atoms with E-state index >= 15 is 0 Å². The van der Waals surface area contributed by atoms with E-state index in [4.69, 9.17) is 23.7 Å². The fraction of sp³-hybridized carbons (Fsp3) is 0.0769. The molecule has 4 heteroatoms. The summed E-state index contributed by atoms with van der Waals surface area (Å²) in [5.74, 6) is 0.439. The van der Waals surface area contributed by atoms with Crippen LogP contribution in [0, 0.1) is 0 Å². The number of aliphatic imine (C=N–C) groups is 1. The van der Waals surface area contributed by atoms with Gasteiger partial charge in [-0.15, -0.1) is 0 Å². The Labute approximate surface area is 105 Å². The molecule has 0 heterocycles. The molecule has 0 fully saturated rings. The smallest absolute Gasteiger partial charge is 0.106 e. The number of nitrogens with zero attached hydrogens (tertiary/aromatic N) is 1. The summed E-state index contributed by atoms with van der Waals surface area (Å²) in [5, 5.41) is 2.21. The van der Waals surface area contributed by atoms with Gasteiger partial charge in [-0.2, -0.15) is 0 Å². The summed E-state index contributed by atoms with van der Waals surface area (Å²) in [6, 6.07) is 13.9. The van der Waals surface area contributed by atoms with Crippen LogP contribution in [0.25, 0.3) is 10.8 Å². The summed E-state index contributed by atoms with van der Waals surface area (Å²) >= 11 is 4.80. The molecule has 0 aliphatic heterocycles. The molecule has 0 amide bonds. The summed E-state index contributed by atoms with van der Waals surface area (Å²) in [4.78, 5) is 4.71. The lowest BCUT2D eigenvalue weighted by atomic mass is 10.1. The van der Waals surface area contributed by atoms with Crippen molar-refractivity contribution in [3.8, 4) is 0 Å².